The molecule has 2 unspecified atom stereocenters. The van der Waals surface area contributed by atoms with Gasteiger partial charge in [-0.25, -0.2) is 5.43 Å². The fraction of sp³-hybridized carbons (Fsp3) is 0.286. The molecule has 7 nitrogen and oxygen atoms in total. The van der Waals surface area contributed by atoms with Gasteiger partial charge in [0.1, 0.15) is 5.75 Å². The van der Waals surface area contributed by atoms with Crippen LogP contribution in [0.2, 0.25) is 5.02 Å². The Morgan fingerprint density at radius 3 is 2.69 bits per heavy atom. The van der Waals surface area contributed by atoms with E-state index in [1.165, 1.54) is 0 Å². The maximum atomic E-state index is 11.7. The van der Waals surface area contributed by atoms with Crippen LogP contribution in [-0.2, 0) is 0 Å². The number of nitrogens with one attached hydrogen (secondary N) is 4. The van der Waals surface area contributed by atoms with Crippen molar-refractivity contribution in [1.82, 2.24) is 10.4 Å². The molecule has 0 saturated heterocycles. The number of hydrogen-bond donors (Lipinski definition) is 5. The fourth-order valence-corrected chi connectivity index (χ4v) is 3.28. The van der Waals surface area contributed by atoms with E-state index < -0.39 is 6.10 Å². The summed E-state index contributed by atoms with van der Waals surface area (Å²) in [4.78, 5) is 14.4. The average Bonchev–Trinajstić information content (AvgIpc) is 2.68. The summed E-state index contributed by atoms with van der Waals surface area (Å²) in [6.07, 6.45) is -0.637. The predicted molar refractivity (Wildman–Crippen MR) is 118 cm³/mol. The highest BCUT2D eigenvalue weighted by Gasteiger charge is 2.16. The molecule has 1 aromatic heterocycles. The van der Waals surface area contributed by atoms with Gasteiger partial charge in [0.15, 0.2) is 0 Å². The SMILES string of the molecule is COc1ccccc1NCC(NNc1cc2c(C)cc(=O)[nH]c2cc1Cl)C(C)O. The van der Waals surface area contributed by atoms with Crippen LogP contribution < -0.4 is 26.5 Å². The number of hydrazine groups is 1. The van der Waals surface area contributed by atoms with Crippen LogP contribution in [0, 0.1) is 6.92 Å². The quantitative estimate of drug-likeness (QED) is 0.361. The van der Waals surface area contributed by atoms with Gasteiger partial charge in [0.25, 0.3) is 0 Å². The highest BCUT2D eigenvalue weighted by Crippen LogP contribution is 2.28. The minimum atomic E-state index is -0.637. The second-order valence-corrected chi connectivity index (χ2v) is 7.30. The van der Waals surface area contributed by atoms with Gasteiger partial charge in [-0.05, 0) is 43.7 Å². The number of hydrogen-bond acceptors (Lipinski definition) is 6. The largest absolute Gasteiger partial charge is 0.495 e. The maximum Gasteiger partial charge on any atom is 0.248 e. The number of fused-ring (bicyclic) bond motifs is 1. The van der Waals surface area contributed by atoms with Gasteiger partial charge in [0.05, 0.1) is 41.2 Å². The van der Waals surface area contributed by atoms with Crippen molar-refractivity contribution in [2.75, 3.05) is 24.4 Å². The molecule has 0 aliphatic carbocycles. The Balaban J connectivity index is 1.73. The van der Waals surface area contributed by atoms with Crippen molar-refractivity contribution >= 4 is 33.9 Å². The van der Waals surface area contributed by atoms with Gasteiger partial charge < -0.3 is 25.6 Å². The zero-order valence-electron chi connectivity index (χ0n) is 16.5. The van der Waals surface area contributed by atoms with E-state index in [9.17, 15) is 9.90 Å². The van der Waals surface area contributed by atoms with E-state index >= 15 is 0 Å². The average molecular weight is 417 g/mol. The van der Waals surface area contributed by atoms with Crippen LogP contribution in [0.3, 0.4) is 0 Å². The molecule has 0 spiro atoms. The van der Waals surface area contributed by atoms with E-state index in [2.05, 4.69) is 21.2 Å². The molecule has 0 radical (unpaired) electrons. The molecule has 2 atom stereocenters. The monoisotopic (exact) mass is 416 g/mol. The summed E-state index contributed by atoms with van der Waals surface area (Å²) in [5, 5.41) is 14.8. The number of ether oxygens (including phenoxy) is 1. The van der Waals surface area contributed by atoms with Crippen molar-refractivity contribution in [2.24, 2.45) is 0 Å². The normalized spacial score (nSPS) is 13.1. The molecule has 154 valence electrons. The number of rotatable bonds is 8. The van der Waals surface area contributed by atoms with Gasteiger partial charge >= 0.3 is 0 Å². The van der Waals surface area contributed by atoms with Gasteiger partial charge in [0, 0.05) is 18.0 Å². The molecule has 29 heavy (non-hydrogen) atoms. The number of pyridine rings is 1. The van der Waals surface area contributed by atoms with Crippen LogP contribution >= 0.6 is 11.6 Å². The van der Waals surface area contributed by atoms with Gasteiger partial charge in [-0.1, -0.05) is 23.7 Å². The molecule has 8 heteroatoms. The standard InChI is InChI=1S/C21H25ClN4O3/c1-12-8-21(28)24-17-10-15(22)18(9-14(12)17)25-26-19(13(2)27)11-23-16-6-4-5-7-20(16)29-3/h4-10,13,19,23,25-27H,11H2,1-3H3,(H,24,28). The van der Waals surface area contributed by atoms with Crippen molar-refractivity contribution in [1.29, 1.82) is 0 Å². The van der Waals surface area contributed by atoms with E-state index in [1.54, 1.807) is 26.2 Å². The number of halogens is 1. The van der Waals surface area contributed by atoms with E-state index in [0.717, 1.165) is 22.4 Å². The summed E-state index contributed by atoms with van der Waals surface area (Å²) < 4.78 is 5.34. The number of H-pyrrole nitrogens is 1. The minimum Gasteiger partial charge on any atom is -0.495 e. The third-order valence-electron chi connectivity index (χ3n) is 4.73. The zero-order chi connectivity index (χ0) is 21.0. The van der Waals surface area contributed by atoms with E-state index in [0.29, 0.717) is 22.8 Å². The first kappa shape index (κ1) is 21.0. The molecule has 5 N–H and O–H groups in total. The van der Waals surface area contributed by atoms with Crippen molar-refractivity contribution in [3.05, 3.63) is 63.4 Å². The first-order valence-corrected chi connectivity index (χ1v) is 9.66. The van der Waals surface area contributed by atoms with Crippen molar-refractivity contribution in [3.8, 4) is 5.75 Å². The van der Waals surface area contributed by atoms with Gasteiger partial charge in [-0.15, -0.1) is 0 Å². The highest BCUT2D eigenvalue weighted by molar-refractivity contribution is 6.34. The molecule has 0 fully saturated rings. The van der Waals surface area contributed by atoms with Crippen LogP contribution in [-0.4, -0.2) is 35.9 Å². The number of aliphatic hydroxyl groups is 1. The minimum absolute atomic E-state index is 0.165. The third-order valence-corrected chi connectivity index (χ3v) is 5.04. The fourth-order valence-electron chi connectivity index (χ4n) is 3.07. The van der Waals surface area contributed by atoms with E-state index in [4.69, 9.17) is 16.3 Å². The lowest BCUT2D eigenvalue weighted by Crippen LogP contribution is -2.46. The molecule has 3 rings (SSSR count). The summed E-state index contributed by atoms with van der Waals surface area (Å²) in [5.74, 6) is 0.729. The lowest BCUT2D eigenvalue weighted by atomic mass is 10.1. The Kier molecular flexibility index (Phi) is 6.64. The van der Waals surface area contributed by atoms with E-state index in [-0.39, 0.29) is 11.6 Å². The Bertz CT molecular complexity index is 1050. The molecular formula is C21H25ClN4O3. The summed E-state index contributed by atoms with van der Waals surface area (Å²) >= 11 is 6.36. The summed E-state index contributed by atoms with van der Waals surface area (Å²) in [6, 6.07) is 12.4. The first-order chi connectivity index (χ1) is 13.9. The highest BCUT2D eigenvalue weighted by atomic mass is 35.5. The summed E-state index contributed by atoms with van der Waals surface area (Å²) in [6.45, 7) is 4.03. The van der Waals surface area contributed by atoms with Crippen LogP contribution in [0.1, 0.15) is 12.5 Å². The van der Waals surface area contributed by atoms with Gasteiger partial charge in [-0.2, -0.15) is 0 Å². The molecular weight excluding hydrogens is 392 g/mol. The number of benzene rings is 2. The Morgan fingerprint density at radius 1 is 1.21 bits per heavy atom. The number of para-hydroxylation sites is 2. The number of aliphatic hydroxyl groups excluding tert-OH is 1. The Morgan fingerprint density at radius 2 is 1.97 bits per heavy atom. The second-order valence-electron chi connectivity index (χ2n) is 6.89. The molecule has 0 aliphatic heterocycles. The molecule has 1 heterocycles. The second kappa shape index (κ2) is 9.17. The van der Waals surface area contributed by atoms with Crippen LogP contribution in [0.25, 0.3) is 10.9 Å². The smallest absolute Gasteiger partial charge is 0.248 e. The molecule has 2 aromatic carbocycles. The maximum absolute atomic E-state index is 11.7. The zero-order valence-corrected chi connectivity index (χ0v) is 17.3. The Labute approximate surface area is 174 Å². The Hall–Kier alpha value is -2.74. The first-order valence-electron chi connectivity index (χ1n) is 9.28. The molecule has 0 bridgehead atoms. The van der Waals surface area contributed by atoms with Crippen LogP contribution in [0.4, 0.5) is 11.4 Å². The predicted octanol–water partition coefficient (Wildman–Crippen LogP) is 3.28. The summed E-state index contributed by atoms with van der Waals surface area (Å²) in [7, 11) is 1.61. The topological polar surface area (TPSA) is 98.4 Å². The lowest BCUT2D eigenvalue weighted by molar-refractivity contribution is 0.154. The van der Waals surface area contributed by atoms with Crippen LogP contribution in [0.5, 0.6) is 5.75 Å². The molecule has 0 amide bonds. The van der Waals surface area contributed by atoms with Crippen LogP contribution in [0.15, 0.2) is 47.3 Å². The summed E-state index contributed by atoms with van der Waals surface area (Å²) in [5.41, 5.74) is 9.06. The number of aryl methyl sites for hydroxylation is 1. The molecule has 0 saturated carbocycles. The lowest BCUT2D eigenvalue weighted by Gasteiger charge is -2.24. The van der Waals surface area contributed by atoms with Gasteiger partial charge in [-0.3, -0.25) is 4.79 Å². The van der Waals surface area contributed by atoms with E-state index in [1.807, 2.05) is 37.3 Å². The molecule has 0 aliphatic rings. The van der Waals surface area contributed by atoms with Crippen molar-refractivity contribution < 1.29 is 9.84 Å². The van der Waals surface area contributed by atoms with Gasteiger partial charge in [0.2, 0.25) is 5.56 Å². The third kappa shape index (κ3) is 5.00. The number of anilines is 2. The number of aromatic amines is 1. The molecule has 3 aromatic rings. The van der Waals surface area contributed by atoms with Crippen molar-refractivity contribution in [2.45, 2.75) is 26.0 Å². The van der Waals surface area contributed by atoms with Crippen molar-refractivity contribution in [3.63, 3.8) is 0 Å². The number of methoxy groups -OCH3 is 1. The number of aromatic nitrogens is 1.